The van der Waals surface area contributed by atoms with Gasteiger partial charge in [0.25, 0.3) is 0 Å². The van der Waals surface area contributed by atoms with Crippen LogP contribution in [-0.2, 0) is 6.42 Å². The van der Waals surface area contributed by atoms with Gasteiger partial charge in [-0.2, -0.15) is 0 Å². The number of rotatable bonds is 3. The van der Waals surface area contributed by atoms with Crippen LogP contribution >= 0.6 is 0 Å². The van der Waals surface area contributed by atoms with Crippen LogP contribution in [0, 0.1) is 5.92 Å². The van der Waals surface area contributed by atoms with E-state index in [0.717, 1.165) is 5.92 Å². The van der Waals surface area contributed by atoms with E-state index in [-0.39, 0.29) is 0 Å². The predicted octanol–water partition coefficient (Wildman–Crippen LogP) is 3.51. The predicted molar refractivity (Wildman–Crippen MR) is 76.6 cm³/mol. The molecule has 1 heteroatoms. The lowest BCUT2D eigenvalue weighted by Crippen LogP contribution is -2.11. The highest BCUT2D eigenvalue weighted by molar-refractivity contribution is 5.67. The molecule has 0 bridgehead atoms. The van der Waals surface area contributed by atoms with E-state index in [1.165, 1.54) is 42.6 Å². The summed E-state index contributed by atoms with van der Waals surface area (Å²) in [6.45, 7) is 2.35. The van der Waals surface area contributed by atoms with Crippen LogP contribution in [0.2, 0.25) is 0 Å². The van der Waals surface area contributed by atoms with E-state index in [9.17, 15) is 0 Å². The van der Waals surface area contributed by atoms with Crippen molar-refractivity contribution in [2.75, 3.05) is 13.1 Å². The van der Waals surface area contributed by atoms with Crippen molar-refractivity contribution in [2.24, 2.45) is 5.92 Å². The highest BCUT2D eigenvalue weighted by Gasteiger charge is 2.16. The van der Waals surface area contributed by atoms with Gasteiger partial charge in [-0.15, -0.1) is 0 Å². The average Bonchev–Trinajstić information content (AvgIpc) is 2.93. The van der Waals surface area contributed by atoms with E-state index in [1.54, 1.807) is 0 Å². The van der Waals surface area contributed by atoms with Crippen LogP contribution in [0.25, 0.3) is 11.1 Å². The number of benzene rings is 2. The van der Waals surface area contributed by atoms with Gasteiger partial charge < -0.3 is 5.32 Å². The van der Waals surface area contributed by atoms with Crippen LogP contribution in [-0.4, -0.2) is 13.1 Å². The van der Waals surface area contributed by atoms with Crippen molar-refractivity contribution in [1.29, 1.82) is 0 Å². The van der Waals surface area contributed by atoms with Crippen LogP contribution in [0.15, 0.2) is 54.6 Å². The molecule has 1 N–H and O–H groups in total. The van der Waals surface area contributed by atoms with Gasteiger partial charge in [-0.25, -0.2) is 0 Å². The second-order valence-electron chi connectivity index (χ2n) is 5.09. The van der Waals surface area contributed by atoms with Crippen molar-refractivity contribution in [3.05, 3.63) is 60.2 Å². The molecule has 0 aliphatic carbocycles. The standard InChI is InChI=1S/C17H19N/c1-2-6-15(7-3-1)17-9-5-4-8-16(17)12-14-10-11-18-13-14/h1-9,14,18H,10-13H2/t14-/m0/s1. The minimum Gasteiger partial charge on any atom is -0.316 e. The molecule has 1 saturated heterocycles. The van der Waals surface area contributed by atoms with Crippen molar-refractivity contribution in [3.63, 3.8) is 0 Å². The van der Waals surface area contributed by atoms with E-state index in [0.29, 0.717) is 0 Å². The molecule has 1 aliphatic rings. The van der Waals surface area contributed by atoms with Gasteiger partial charge in [0, 0.05) is 0 Å². The maximum Gasteiger partial charge on any atom is -0.00169 e. The SMILES string of the molecule is c1ccc(-c2ccccc2C[C@@H]2CCNC2)cc1. The first-order valence-electron chi connectivity index (χ1n) is 6.77. The smallest absolute Gasteiger partial charge is 0.00169 e. The zero-order chi connectivity index (χ0) is 12.2. The number of nitrogens with one attached hydrogen (secondary N) is 1. The summed E-state index contributed by atoms with van der Waals surface area (Å²) in [5, 5.41) is 3.45. The maximum atomic E-state index is 3.45. The van der Waals surface area contributed by atoms with Gasteiger partial charge in [-0.05, 0) is 48.5 Å². The lowest BCUT2D eigenvalue weighted by molar-refractivity contribution is 0.581. The molecule has 92 valence electrons. The first-order valence-corrected chi connectivity index (χ1v) is 6.77. The van der Waals surface area contributed by atoms with Crippen LogP contribution in [0.3, 0.4) is 0 Å². The Hall–Kier alpha value is -1.60. The molecule has 1 aliphatic heterocycles. The quantitative estimate of drug-likeness (QED) is 0.861. The van der Waals surface area contributed by atoms with Gasteiger partial charge in [0.1, 0.15) is 0 Å². The van der Waals surface area contributed by atoms with Gasteiger partial charge in [0.2, 0.25) is 0 Å². The van der Waals surface area contributed by atoms with E-state index in [2.05, 4.69) is 59.9 Å². The Morgan fingerprint density at radius 2 is 1.72 bits per heavy atom. The molecule has 0 spiro atoms. The third kappa shape index (κ3) is 2.46. The number of hydrogen-bond acceptors (Lipinski definition) is 1. The molecule has 2 aromatic carbocycles. The summed E-state index contributed by atoms with van der Waals surface area (Å²) in [7, 11) is 0. The number of hydrogen-bond donors (Lipinski definition) is 1. The van der Waals surface area contributed by atoms with Crippen molar-refractivity contribution < 1.29 is 0 Å². The van der Waals surface area contributed by atoms with Gasteiger partial charge in [0.05, 0.1) is 0 Å². The molecule has 0 saturated carbocycles. The molecule has 1 atom stereocenters. The monoisotopic (exact) mass is 237 g/mol. The summed E-state index contributed by atoms with van der Waals surface area (Å²) in [6.07, 6.45) is 2.50. The fourth-order valence-electron chi connectivity index (χ4n) is 2.80. The van der Waals surface area contributed by atoms with E-state index in [1.807, 2.05) is 0 Å². The zero-order valence-electron chi connectivity index (χ0n) is 10.6. The Bertz CT molecular complexity index is 498. The lowest BCUT2D eigenvalue weighted by Gasteiger charge is -2.13. The Morgan fingerprint density at radius 1 is 0.944 bits per heavy atom. The normalized spacial score (nSPS) is 19.0. The Morgan fingerprint density at radius 3 is 2.50 bits per heavy atom. The van der Waals surface area contributed by atoms with E-state index >= 15 is 0 Å². The third-order valence-electron chi connectivity index (χ3n) is 3.77. The van der Waals surface area contributed by atoms with Gasteiger partial charge in [-0.3, -0.25) is 0 Å². The van der Waals surface area contributed by atoms with Crippen LogP contribution in [0.5, 0.6) is 0 Å². The summed E-state index contributed by atoms with van der Waals surface area (Å²) in [4.78, 5) is 0. The van der Waals surface area contributed by atoms with Gasteiger partial charge in [-0.1, -0.05) is 54.6 Å². The molecule has 1 fully saturated rings. The van der Waals surface area contributed by atoms with Crippen molar-refractivity contribution in [1.82, 2.24) is 5.32 Å². The highest BCUT2D eigenvalue weighted by atomic mass is 14.9. The fourth-order valence-corrected chi connectivity index (χ4v) is 2.80. The van der Waals surface area contributed by atoms with Crippen LogP contribution < -0.4 is 5.32 Å². The lowest BCUT2D eigenvalue weighted by atomic mass is 9.92. The molecule has 18 heavy (non-hydrogen) atoms. The average molecular weight is 237 g/mol. The Labute approximate surface area is 109 Å². The molecule has 0 aromatic heterocycles. The molecule has 1 nitrogen and oxygen atoms in total. The van der Waals surface area contributed by atoms with E-state index in [4.69, 9.17) is 0 Å². The zero-order valence-corrected chi connectivity index (χ0v) is 10.6. The molecule has 0 radical (unpaired) electrons. The van der Waals surface area contributed by atoms with Crippen molar-refractivity contribution >= 4 is 0 Å². The van der Waals surface area contributed by atoms with Gasteiger partial charge in [0.15, 0.2) is 0 Å². The van der Waals surface area contributed by atoms with Crippen LogP contribution in [0.4, 0.5) is 0 Å². The third-order valence-corrected chi connectivity index (χ3v) is 3.77. The molecular formula is C17H19N. The highest BCUT2D eigenvalue weighted by Crippen LogP contribution is 2.26. The van der Waals surface area contributed by atoms with Gasteiger partial charge >= 0.3 is 0 Å². The van der Waals surface area contributed by atoms with Crippen LogP contribution in [0.1, 0.15) is 12.0 Å². The minimum atomic E-state index is 0.801. The summed E-state index contributed by atoms with van der Waals surface area (Å²) >= 11 is 0. The first-order chi connectivity index (χ1) is 8.93. The molecular weight excluding hydrogens is 218 g/mol. The Balaban J connectivity index is 1.90. The largest absolute Gasteiger partial charge is 0.316 e. The minimum absolute atomic E-state index is 0.801. The summed E-state index contributed by atoms with van der Waals surface area (Å²) < 4.78 is 0. The van der Waals surface area contributed by atoms with E-state index < -0.39 is 0 Å². The summed E-state index contributed by atoms with van der Waals surface area (Å²) in [5.41, 5.74) is 4.21. The second kappa shape index (κ2) is 5.36. The first kappa shape index (κ1) is 11.5. The second-order valence-corrected chi connectivity index (χ2v) is 5.09. The van der Waals surface area contributed by atoms with Crippen molar-refractivity contribution in [3.8, 4) is 11.1 Å². The molecule has 0 amide bonds. The molecule has 1 heterocycles. The fraction of sp³-hybridized carbons (Fsp3) is 0.294. The molecule has 3 rings (SSSR count). The topological polar surface area (TPSA) is 12.0 Å². The van der Waals surface area contributed by atoms with Crippen molar-refractivity contribution in [2.45, 2.75) is 12.8 Å². The molecule has 0 unspecified atom stereocenters. The Kier molecular flexibility index (Phi) is 3.42. The summed E-state index contributed by atoms with van der Waals surface area (Å²) in [6, 6.07) is 19.5. The maximum absolute atomic E-state index is 3.45. The summed E-state index contributed by atoms with van der Waals surface area (Å²) in [5.74, 6) is 0.801. The molecule has 2 aromatic rings.